The maximum Gasteiger partial charge on any atom is 0.0406 e. The van der Waals surface area contributed by atoms with Crippen LogP contribution >= 0.6 is 11.6 Å². The Bertz CT molecular complexity index is 1320. The topological polar surface area (TPSA) is 12.9 Å². The van der Waals surface area contributed by atoms with Crippen molar-refractivity contribution in [1.29, 1.82) is 0 Å². The average Bonchev–Trinajstić information content (AvgIpc) is 2.80. The highest BCUT2D eigenvalue weighted by Crippen LogP contribution is 2.44. The smallest absolute Gasteiger partial charge is 0.0406 e. The lowest BCUT2D eigenvalue weighted by atomic mass is 9.84. The molecule has 1 aromatic heterocycles. The van der Waals surface area contributed by atoms with E-state index in [1.165, 1.54) is 38.6 Å². The second-order valence-corrected chi connectivity index (χ2v) is 7.94. The largest absolute Gasteiger partial charge is 0.265 e. The summed E-state index contributed by atoms with van der Waals surface area (Å²) < 4.78 is 0. The first-order valence-corrected chi connectivity index (χ1v) is 10.4. The van der Waals surface area contributed by atoms with E-state index >= 15 is 0 Å². The van der Waals surface area contributed by atoms with E-state index in [2.05, 4.69) is 90.8 Å². The molecule has 0 fully saturated rings. The third-order valence-electron chi connectivity index (χ3n) is 5.51. The molecule has 0 amide bonds. The fourth-order valence-electron chi connectivity index (χ4n) is 4.04. The fourth-order valence-corrected chi connectivity index (χ4v) is 4.17. The van der Waals surface area contributed by atoms with Crippen molar-refractivity contribution in [1.82, 2.24) is 4.98 Å². The van der Waals surface area contributed by atoms with Crippen molar-refractivity contribution in [3.05, 3.63) is 114 Å². The molecule has 4 aromatic carbocycles. The fraction of sp³-hybridized carbons (Fsp3) is 0.0357. The van der Waals surface area contributed by atoms with Crippen molar-refractivity contribution in [2.24, 2.45) is 0 Å². The lowest BCUT2D eigenvalue weighted by Gasteiger charge is -2.19. The average molecular weight is 406 g/mol. The Morgan fingerprint density at radius 2 is 1.27 bits per heavy atom. The molecule has 0 unspecified atom stereocenters. The van der Waals surface area contributed by atoms with Crippen LogP contribution in [0.5, 0.6) is 0 Å². The Kier molecular flexibility index (Phi) is 4.82. The summed E-state index contributed by atoms with van der Waals surface area (Å²) in [6.45, 7) is 2.12. The van der Waals surface area contributed by atoms with E-state index in [-0.39, 0.29) is 0 Å². The molecule has 0 aliphatic heterocycles. The maximum absolute atomic E-state index is 6.21. The van der Waals surface area contributed by atoms with E-state index in [1.54, 1.807) is 0 Å². The number of pyridine rings is 1. The lowest BCUT2D eigenvalue weighted by Crippen LogP contribution is -1.93. The summed E-state index contributed by atoms with van der Waals surface area (Å²) in [6, 6.07) is 31.9. The second-order valence-electron chi connectivity index (χ2n) is 7.50. The quantitative estimate of drug-likeness (QED) is 0.294. The van der Waals surface area contributed by atoms with Gasteiger partial charge in [0.25, 0.3) is 0 Å². The first-order valence-electron chi connectivity index (χ1n) is 10.00. The maximum atomic E-state index is 6.21. The molecular formula is C28H20ClN. The van der Waals surface area contributed by atoms with Crippen LogP contribution in [0.1, 0.15) is 5.56 Å². The predicted molar refractivity (Wildman–Crippen MR) is 128 cm³/mol. The van der Waals surface area contributed by atoms with Crippen LogP contribution in [0.25, 0.3) is 44.2 Å². The lowest BCUT2D eigenvalue weighted by molar-refractivity contribution is 1.33. The van der Waals surface area contributed by atoms with Gasteiger partial charge in [-0.2, -0.15) is 0 Å². The molecule has 0 radical (unpaired) electrons. The van der Waals surface area contributed by atoms with Gasteiger partial charge < -0.3 is 0 Å². The Morgan fingerprint density at radius 1 is 0.633 bits per heavy atom. The second kappa shape index (κ2) is 7.78. The van der Waals surface area contributed by atoms with Crippen molar-refractivity contribution in [3.8, 4) is 33.4 Å². The molecule has 0 aliphatic carbocycles. The molecule has 0 atom stereocenters. The number of hydrogen-bond acceptors (Lipinski definition) is 1. The van der Waals surface area contributed by atoms with Crippen molar-refractivity contribution < 1.29 is 0 Å². The zero-order valence-corrected chi connectivity index (χ0v) is 17.4. The summed E-state index contributed by atoms with van der Waals surface area (Å²) in [5.74, 6) is 0. The molecule has 0 spiro atoms. The Balaban J connectivity index is 1.95. The van der Waals surface area contributed by atoms with E-state index in [0.29, 0.717) is 0 Å². The number of aryl methyl sites for hydroxylation is 1. The molecule has 0 bridgehead atoms. The molecule has 0 aliphatic rings. The van der Waals surface area contributed by atoms with Crippen molar-refractivity contribution in [2.75, 3.05) is 0 Å². The molecule has 0 N–H and O–H groups in total. The highest BCUT2D eigenvalue weighted by atomic mass is 35.5. The third kappa shape index (κ3) is 3.38. The van der Waals surface area contributed by atoms with Gasteiger partial charge in [0.2, 0.25) is 0 Å². The summed E-state index contributed by atoms with van der Waals surface area (Å²) >= 11 is 6.21. The number of benzene rings is 4. The summed E-state index contributed by atoms with van der Waals surface area (Å²) in [6.07, 6.45) is 3.71. The van der Waals surface area contributed by atoms with Gasteiger partial charge in [0.05, 0.1) is 0 Å². The van der Waals surface area contributed by atoms with Gasteiger partial charge in [-0.3, -0.25) is 4.98 Å². The minimum absolute atomic E-state index is 0.741. The standard InChI is InChI=1S/C28H20ClN/c1-19-6-8-21(9-7-19)28-26(20-14-16-30-17-15-20)18-23-4-2-3-5-25(23)27(28)22-10-12-24(29)13-11-22/h2-18H,1H3. The van der Waals surface area contributed by atoms with Crippen LogP contribution < -0.4 is 0 Å². The minimum atomic E-state index is 0.741. The summed E-state index contributed by atoms with van der Waals surface area (Å²) in [5, 5.41) is 3.18. The van der Waals surface area contributed by atoms with Crippen LogP contribution in [0.4, 0.5) is 0 Å². The third-order valence-corrected chi connectivity index (χ3v) is 5.77. The Hall–Kier alpha value is -3.42. The molecular weight excluding hydrogens is 386 g/mol. The predicted octanol–water partition coefficient (Wildman–Crippen LogP) is 8.20. The molecule has 1 nitrogen and oxygen atoms in total. The van der Waals surface area contributed by atoms with E-state index in [4.69, 9.17) is 11.6 Å². The molecule has 30 heavy (non-hydrogen) atoms. The van der Waals surface area contributed by atoms with Gasteiger partial charge in [-0.05, 0) is 81.4 Å². The highest BCUT2D eigenvalue weighted by molar-refractivity contribution is 6.30. The van der Waals surface area contributed by atoms with Gasteiger partial charge in [-0.1, -0.05) is 77.8 Å². The monoisotopic (exact) mass is 405 g/mol. The van der Waals surface area contributed by atoms with Crippen LogP contribution in [0.3, 0.4) is 0 Å². The van der Waals surface area contributed by atoms with E-state index in [1.807, 2.05) is 24.5 Å². The van der Waals surface area contributed by atoms with Crippen molar-refractivity contribution >= 4 is 22.4 Å². The Morgan fingerprint density at radius 3 is 2.00 bits per heavy atom. The number of hydrogen-bond donors (Lipinski definition) is 0. The zero-order valence-electron chi connectivity index (χ0n) is 16.6. The number of aromatic nitrogens is 1. The number of nitrogens with zero attached hydrogens (tertiary/aromatic N) is 1. The molecule has 144 valence electrons. The van der Waals surface area contributed by atoms with Crippen molar-refractivity contribution in [2.45, 2.75) is 6.92 Å². The van der Waals surface area contributed by atoms with Gasteiger partial charge in [-0.15, -0.1) is 0 Å². The molecule has 0 saturated heterocycles. The molecule has 5 aromatic rings. The molecule has 5 rings (SSSR count). The first-order chi connectivity index (χ1) is 14.7. The number of rotatable bonds is 3. The molecule has 0 saturated carbocycles. The summed E-state index contributed by atoms with van der Waals surface area (Å²) in [4.78, 5) is 4.22. The minimum Gasteiger partial charge on any atom is -0.265 e. The molecule has 2 heteroatoms. The van der Waals surface area contributed by atoms with Gasteiger partial charge >= 0.3 is 0 Å². The van der Waals surface area contributed by atoms with Gasteiger partial charge in [0.15, 0.2) is 0 Å². The van der Waals surface area contributed by atoms with Gasteiger partial charge in [0, 0.05) is 17.4 Å². The van der Waals surface area contributed by atoms with Crippen LogP contribution in [0, 0.1) is 6.92 Å². The summed E-state index contributed by atoms with van der Waals surface area (Å²) in [5.41, 5.74) is 8.40. The van der Waals surface area contributed by atoms with E-state index in [0.717, 1.165) is 16.1 Å². The van der Waals surface area contributed by atoms with Gasteiger partial charge in [0.1, 0.15) is 0 Å². The Labute approximate surface area is 181 Å². The van der Waals surface area contributed by atoms with E-state index in [9.17, 15) is 0 Å². The summed E-state index contributed by atoms with van der Waals surface area (Å²) in [7, 11) is 0. The van der Waals surface area contributed by atoms with E-state index < -0.39 is 0 Å². The van der Waals surface area contributed by atoms with Crippen molar-refractivity contribution in [3.63, 3.8) is 0 Å². The SMILES string of the molecule is Cc1ccc(-c2c(-c3ccncc3)cc3ccccc3c2-c2ccc(Cl)cc2)cc1. The highest BCUT2D eigenvalue weighted by Gasteiger charge is 2.18. The van der Waals surface area contributed by atoms with Crippen LogP contribution in [0.15, 0.2) is 103 Å². The molecule has 1 heterocycles. The van der Waals surface area contributed by atoms with Gasteiger partial charge in [-0.25, -0.2) is 0 Å². The zero-order chi connectivity index (χ0) is 20.5. The number of halogens is 1. The van der Waals surface area contributed by atoms with Crippen LogP contribution in [-0.4, -0.2) is 4.98 Å². The van der Waals surface area contributed by atoms with Crippen LogP contribution in [-0.2, 0) is 0 Å². The normalized spacial score (nSPS) is 11.0. The first kappa shape index (κ1) is 18.6. The van der Waals surface area contributed by atoms with Crippen LogP contribution in [0.2, 0.25) is 5.02 Å². The number of fused-ring (bicyclic) bond motifs is 1.